The highest BCUT2D eigenvalue weighted by molar-refractivity contribution is 6.46. The molecule has 1 aliphatic heterocycles. The van der Waals surface area contributed by atoms with E-state index in [1.54, 1.807) is 55.5 Å². The van der Waals surface area contributed by atoms with Crippen molar-refractivity contribution in [1.82, 2.24) is 4.90 Å². The number of aliphatic hydroxyl groups is 1. The van der Waals surface area contributed by atoms with Crippen LogP contribution in [0.4, 0.5) is 4.39 Å². The van der Waals surface area contributed by atoms with E-state index >= 15 is 0 Å². The topological polar surface area (TPSA) is 83.9 Å². The number of aliphatic hydroxyl groups excluding tert-OH is 1. The average molecular weight is 459 g/mol. The minimum absolute atomic E-state index is 0.0639. The predicted octanol–water partition coefficient (Wildman–Crippen LogP) is 4.62. The quantitative estimate of drug-likeness (QED) is 0.252. The van der Waals surface area contributed by atoms with Crippen molar-refractivity contribution in [3.05, 3.63) is 113 Å². The van der Waals surface area contributed by atoms with Crippen LogP contribution in [0.1, 0.15) is 40.0 Å². The lowest BCUT2D eigenvalue weighted by Crippen LogP contribution is -2.29. The molecule has 1 heterocycles. The number of ketones is 1. The van der Waals surface area contributed by atoms with E-state index in [0.29, 0.717) is 16.7 Å². The molecule has 34 heavy (non-hydrogen) atoms. The normalized spacial score (nSPS) is 17.1. The van der Waals surface area contributed by atoms with Gasteiger partial charge in [-0.05, 0) is 54.4 Å². The highest BCUT2D eigenvalue weighted by atomic mass is 19.1. The summed E-state index contributed by atoms with van der Waals surface area (Å²) in [5, 5.41) is 11.0. The lowest BCUT2D eigenvalue weighted by Gasteiger charge is -2.25. The van der Waals surface area contributed by atoms with E-state index in [1.807, 2.05) is 6.07 Å². The summed E-state index contributed by atoms with van der Waals surface area (Å²) in [6, 6.07) is 19.7. The molecule has 3 aromatic carbocycles. The van der Waals surface area contributed by atoms with Gasteiger partial charge in [0.05, 0.1) is 23.8 Å². The van der Waals surface area contributed by atoms with Gasteiger partial charge in [0, 0.05) is 12.1 Å². The summed E-state index contributed by atoms with van der Waals surface area (Å²) < 4.78 is 18.4. The third-order valence-corrected chi connectivity index (χ3v) is 5.59. The fraction of sp³-hybridized carbons (Fsp3) is 0.148. The molecular formula is C27H22FNO5. The Morgan fingerprint density at radius 2 is 1.56 bits per heavy atom. The molecule has 172 valence electrons. The van der Waals surface area contributed by atoms with Crippen LogP contribution >= 0.6 is 0 Å². The van der Waals surface area contributed by atoms with Crippen LogP contribution in [0.3, 0.4) is 0 Å². The Morgan fingerprint density at radius 3 is 2.18 bits per heavy atom. The Kier molecular flexibility index (Phi) is 6.54. The number of benzene rings is 3. The van der Waals surface area contributed by atoms with Gasteiger partial charge in [0.2, 0.25) is 0 Å². The molecule has 1 saturated heterocycles. The van der Waals surface area contributed by atoms with E-state index in [2.05, 4.69) is 0 Å². The Bertz CT molecular complexity index is 1250. The third kappa shape index (κ3) is 4.45. The first kappa shape index (κ1) is 22.9. The van der Waals surface area contributed by atoms with Gasteiger partial charge >= 0.3 is 5.97 Å². The summed E-state index contributed by atoms with van der Waals surface area (Å²) in [6.07, 6.45) is 0. The van der Waals surface area contributed by atoms with Gasteiger partial charge in [0.15, 0.2) is 0 Å². The number of likely N-dealkylation sites (tertiary alicyclic amines) is 1. The number of esters is 1. The van der Waals surface area contributed by atoms with Crippen LogP contribution in [0.25, 0.3) is 5.76 Å². The van der Waals surface area contributed by atoms with Gasteiger partial charge in [-0.15, -0.1) is 0 Å². The smallest absolute Gasteiger partial charge is 0.338 e. The Hall–Kier alpha value is -4.26. The van der Waals surface area contributed by atoms with E-state index in [9.17, 15) is 23.9 Å². The summed E-state index contributed by atoms with van der Waals surface area (Å²) in [4.78, 5) is 39.4. The average Bonchev–Trinajstić information content (AvgIpc) is 3.10. The zero-order valence-corrected chi connectivity index (χ0v) is 18.4. The molecule has 1 atom stereocenters. The van der Waals surface area contributed by atoms with Crippen LogP contribution in [0.15, 0.2) is 84.4 Å². The Balaban J connectivity index is 1.74. The van der Waals surface area contributed by atoms with Crippen LogP contribution < -0.4 is 0 Å². The van der Waals surface area contributed by atoms with E-state index in [0.717, 1.165) is 0 Å². The first-order chi connectivity index (χ1) is 16.4. The van der Waals surface area contributed by atoms with Crippen molar-refractivity contribution >= 4 is 23.4 Å². The molecule has 1 amide bonds. The molecule has 0 saturated carbocycles. The number of hydrogen-bond donors (Lipinski definition) is 1. The number of carbonyl (C=O) groups is 3. The summed E-state index contributed by atoms with van der Waals surface area (Å²) in [5.74, 6) is -2.88. The molecule has 1 fully saturated rings. The third-order valence-electron chi connectivity index (χ3n) is 5.59. The SMILES string of the molecule is CCOC(=O)c1ccc(CN2C(=O)C(=O)/C(=C(/O)c3ccc(F)cc3)C2c2ccccc2)cc1. The first-order valence-corrected chi connectivity index (χ1v) is 10.8. The first-order valence-electron chi connectivity index (χ1n) is 10.8. The monoisotopic (exact) mass is 459 g/mol. The highest BCUT2D eigenvalue weighted by Crippen LogP contribution is 2.40. The van der Waals surface area contributed by atoms with Crippen molar-refractivity contribution in [1.29, 1.82) is 0 Å². The molecular weight excluding hydrogens is 437 g/mol. The van der Waals surface area contributed by atoms with Crippen molar-refractivity contribution in [2.24, 2.45) is 0 Å². The van der Waals surface area contributed by atoms with Crippen molar-refractivity contribution in [2.45, 2.75) is 19.5 Å². The number of nitrogens with zero attached hydrogens (tertiary/aromatic N) is 1. The van der Waals surface area contributed by atoms with Crippen molar-refractivity contribution in [3.63, 3.8) is 0 Å². The second-order valence-electron chi connectivity index (χ2n) is 7.76. The molecule has 7 heteroatoms. The van der Waals surface area contributed by atoms with Gasteiger partial charge in [-0.3, -0.25) is 9.59 Å². The van der Waals surface area contributed by atoms with Crippen LogP contribution in [-0.2, 0) is 20.9 Å². The van der Waals surface area contributed by atoms with Gasteiger partial charge in [-0.2, -0.15) is 0 Å². The number of rotatable bonds is 6. The molecule has 1 unspecified atom stereocenters. The number of ether oxygens (including phenoxy) is 1. The number of carbonyl (C=O) groups excluding carboxylic acids is 3. The van der Waals surface area contributed by atoms with Gasteiger partial charge < -0.3 is 14.7 Å². The minimum atomic E-state index is -0.837. The van der Waals surface area contributed by atoms with Crippen LogP contribution in [0.5, 0.6) is 0 Å². The zero-order valence-electron chi connectivity index (χ0n) is 18.4. The molecule has 0 aliphatic carbocycles. The fourth-order valence-electron chi connectivity index (χ4n) is 3.95. The van der Waals surface area contributed by atoms with E-state index in [4.69, 9.17) is 4.74 Å². The Morgan fingerprint density at radius 1 is 0.941 bits per heavy atom. The number of halogens is 1. The van der Waals surface area contributed by atoms with Gasteiger partial charge in [0.1, 0.15) is 11.6 Å². The number of hydrogen-bond acceptors (Lipinski definition) is 5. The maximum absolute atomic E-state index is 13.4. The van der Waals surface area contributed by atoms with Crippen LogP contribution in [0.2, 0.25) is 0 Å². The molecule has 0 bridgehead atoms. The van der Waals surface area contributed by atoms with Gasteiger partial charge in [-0.25, -0.2) is 9.18 Å². The van der Waals surface area contributed by atoms with E-state index < -0.39 is 29.5 Å². The second-order valence-corrected chi connectivity index (χ2v) is 7.76. The lowest BCUT2D eigenvalue weighted by molar-refractivity contribution is -0.140. The van der Waals surface area contributed by atoms with Crippen LogP contribution in [0, 0.1) is 5.82 Å². The van der Waals surface area contributed by atoms with Crippen molar-refractivity contribution < 1.29 is 28.6 Å². The highest BCUT2D eigenvalue weighted by Gasteiger charge is 2.46. The van der Waals surface area contributed by atoms with Crippen LogP contribution in [-0.4, -0.2) is 34.3 Å². The molecule has 0 spiro atoms. The second kappa shape index (κ2) is 9.70. The summed E-state index contributed by atoms with van der Waals surface area (Å²) >= 11 is 0. The molecule has 1 aliphatic rings. The summed E-state index contributed by atoms with van der Waals surface area (Å²) in [7, 11) is 0. The van der Waals surface area contributed by atoms with Crippen molar-refractivity contribution in [3.8, 4) is 0 Å². The summed E-state index contributed by atoms with van der Waals surface area (Å²) in [6.45, 7) is 2.06. The molecule has 0 radical (unpaired) electrons. The number of Topliss-reactive ketones (excluding diaryl/α,β-unsaturated/α-hetero) is 1. The Labute approximate surface area is 195 Å². The lowest BCUT2D eigenvalue weighted by atomic mass is 9.95. The zero-order chi connectivity index (χ0) is 24.2. The largest absolute Gasteiger partial charge is 0.507 e. The summed E-state index contributed by atoms with van der Waals surface area (Å²) in [5.41, 5.74) is 1.89. The van der Waals surface area contributed by atoms with E-state index in [-0.39, 0.29) is 30.0 Å². The number of amides is 1. The van der Waals surface area contributed by atoms with Gasteiger partial charge in [-0.1, -0.05) is 42.5 Å². The standard InChI is InChI=1S/C27H22FNO5/c1-2-34-27(33)20-10-8-17(9-11-20)16-29-23(18-6-4-3-5-7-18)22(25(31)26(29)32)24(30)19-12-14-21(28)15-13-19/h3-15,23,30H,2,16H2,1H3/b24-22+. The van der Waals surface area contributed by atoms with Crippen molar-refractivity contribution in [2.75, 3.05) is 6.61 Å². The fourth-order valence-corrected chi connectivity index (χ4v) is 3.95. The molecule has 0 aromatic heterocycles. The molecule has 1 N–H and O–H groups in total. The maximum Gasteiger partial charge on any atom is 0.338 e. The van der Waals surface area contributed by atoms with E-state index in [1.165, 1.54) is 29.2 Å². The molecule has 3 aromatic rings. The maximum atomic E-state index is 13.4. The molecule has 6 nitrogen and oxygen atoms in total. The molecule has 4 rings (SSSR count). The minimum Gasteiger partial charge on any atom is -0.507 e. The van der Waals surface area contributed by atoms with Gasteiger partial charge in [0.25, 0.3) is 11.7 Å². The predicted molar refractivity (Wildman–Crippen MR) is 123 cm³/mol.